The predicted octanol–water partition coefficient (Wildman–Crippen LogP) is 10.8. The largest absolute Gasteiger partial charge is 0.550 e. The highest BCUT2D eigenvalue weighted by Gasteiger charge is 2.41. The molecule has 2 aromatic carbocycles. The second kappa shape index (κ2) is 17.4. The van der Waals surface area contributed by atoms with Crippen LogP contribution in [0, 0.1) is 19.7 Å². The fourth-order valence-electron chi connectivity index (χ4n) is 5.28. The summed E-state index contributed by atoms with van der Waals surface area (Å²) in [6.07, 6.45) is 7.24. The zero-order chi connectivity index (χ0) is 37.0. The fraction of sp³-hybridized carbons (Fsp3) is 0.250. The number of unbranched alkanes of at least 4 members (excludes halogenated alkanes) is 2. The lowest BCUT2D eigenvalue weighted by Gasteiger charge is -2.23. The third-order valence-corrected chi connectivity index (χ3v) is 7.99. The number of esters is 1. The van der Waals surface area contributed by atoms with Crippen LogP contribution >= 0.6 is 0 Å². The van der Waals surface area contributed by atoms with Crippen LogP contribution in [0.25, 0.3) is 38.6 Å². The van der Waals surface area contributed by atoms with Gasteiger partial charge in [0.15, 0.2) is 5.83 Å². The molecule has 0 radical (unpaired) electrons. The van der Waals surface area contributed by atoms with E-state index in [1.165, 1.54) is 12.1 Å². The zero-order valence-corrected chi connectivity index (χ0v) is 28.4. The molecule has 260 valence electrons. The first-order valence-electron chi connectivity index (χ1n) is 16.1. The first-order valence-corrected chi connectivity index (χ1v) is 16.1. The van der Waals surface area contributed by atoms with Crippen molar-refractivity contribution in [2.24, 2.45) is 0 Å². The highest BCUT2D eigenvalue weighted by Crippen LogP contribution is 2.42. The van der Waals surface area contributed by atoms with Gasteiger partial charge in [0, 0.05) is 29.9 Å². The first kappa shape index (κ1) is 37.6. The molecular formula is C40H35F3N4O4. The van der Waals surface area contributed by atoms with Gasteiger partial charge < -0.3 is 18.8 Å². The zero-order valence-electron chi connectivity index (χ0n) is 28.4. The van der Waals surface area contributed by atoms with E-state index in [0.717, 1.165) is 49.3 Å². The van der Waals surface area contributed by atoms with Crippen molar-refractivity contribution >= 4 is 35.7 Å². The molecule has 3 aromatic rings. The summed E-state index contributed by atoms with van der Waals surface area (Å²) < 4.78 is 55.1. The average Bonchev–Trinajstić information content (AvgIpc) is 3.70. The summed E-state index contributed by atoms with van der Waals surface area (Å²) in [7, 11) is 0. The Labute approximate surface area is 295 Å². The van der Waals surface area contributed by atoms with Gasteiger partial charge in [0.2, 0.25) is 11.5 Å². The fourth-order valence-corrected chi connectivity index (χ4v) is 5.28. The van der Waals surface area contributed by atoms with Gasteiger partial charge in [-0.25, -0.2) is 14.0 Å². The van der Waals surface area contributed by atoms with Crippen LogP contribution in [0.15, 0.2) is 100 Å². The Morgan fingerprint density at radius 2 is 1.47 bits per heavy atom. The number of rotatable bonds is 14. The number of anilines is 1. The van der Waals surface area contributed by atoms with Gasteiger partial charge in [-0.2, -0.15) is 18.5 Å². The van der Waals surface area contributed by atoms with E-state index in [0.29, 0.717) is 23.5 Å². The molecule has 0 amide bonds. The molecule has 0 N–H and O–H groups in total. The third kappa shape index (κ3) is 9.68. The molecule has 0 unspecified atom stereocenters. The van der Waals surface area contributed by atoms with Crippen molar-refractivity contribution in [2.45, 2.75) is 45.6 Å². The van der Waals surface area contributed by atoms with Crippen LogP contribution in [0.5, 0.6) is 0 Å². The second-order valence-electron chi connectivity index (χ2n) is 11.8. The maximum absolute atomic E-state index is 13.3. The minimum absolute atomic E-state index is 0.00494. The molecule has 1 aromatic heterocycles. The molecule has 0 aliphatic carbocycles. The Bertz CT molecular complexity index is 2000. The topological polar surface area (TPSA) is 65.0 Å². The van der Waals surface area contributed by atoms with Gasteiger partial charge in [0.1, 0.15) is 30.3 Å². The van der Waals surface area contributed by atoms with Crippen LogP contribution in [-0.4, -0.2) is 31.3 Å². The van der Waals surface area contributed by atoms with E-state index in [9.17, 15) is 18.0 Å². The number of furan rings is 1. The summed E-state index contributed by atoms with van der Waals surface area (Å²) in [5, 5.41) is 0. The van der Waals surface area contributed by atoms with Crippen LogP contribution in [-0.2, 0) is 9.47 Å². The number of halogens is 3. The van der Waals surface area contributed by atoms with Gasteiger partial charge >= 0.3 is 17.9 Å². The van der Waals surface area contributed by atoms with E-state index in [-0.39, 0.29) is 35.0 Å². The maximum Gasteiger partial charge on any atom is 0.550 e. The summed E-state index contributed by atoms with van der Waals surface area (Å²) in [5.41, 5.74) is 1.76. The number of benzene rings is 2. The lowest BCUT2D eigenvalue weighted by Crippen LogP contribution is -2.23. The quantitative estimate of drug-likeness (QED) is 0.0956. The summed E-state index contributed by atoms with van der Waals surface area (Å²) in [5.74, 6) is -1.26. The minimum atomic E-state index is -2.41. The predicted molar refractivity (Wildman–Crippen MR) is 191 cm³/mol. The summed E-state index contributed by atoms with van der Waals surface area (Å²) >= 11 is 0. The van der Waals surface area contributed by atoms with E-state index >= 15 is 0 Å². The summed E-state index contributed by atoms with van der Waals surface area (Å²) in [6.45, 7) is 29.6. The lowest BCUT2D eigenvalue weighted by molar-refractivity contribution is 0.0498. The van der Waals surface area contributed by atoms with E-state index in [2.05, 4.69) is 38.5 Å². The molecule has 8 nitrogen and oxygen atoms in total. The third-order valence-electron chi connectivity index (χ3n) is 7.99. The second-order valence-corrected chi connectivity index (χ2v) is 11.8. The molecule has 4 rings (SSSR count). The van der Waals surface area contributed by atoms with Gasteiger partial charge in [-0.15, -0.1) is 0 Å². The number of nitrogens with zero attached hydrogens (tertiary/aromatic N) is 4. The minimum Gasteiger partial charge on any atom is -0.499 e. The highest BCUT2D eigenvalue weighted by atomic mass is 19.3. The molecule has 11 heteroatoms. The number of hydrogen-bond acceptors (Lipinski definition) is 5. The van der Waals surface area contributed by atoms with Crippen molar-refractivity contribution in [1.29, 1.82) is 0 Å². The standard InChI is InChI=1S/C40H35F3N4O4/c1-7-47(25-9-8-10-26-49-39(48)29-16-14-28(15-17-29)34(41)37(42)43)30-18-11-27(12-19-30)13-20-31-21-22-32(50-31)23-24-33-35(44-4)36(38(45-5)46-6)51-40(33,2)3/h11-24H,7-10,25-26H2,1-3H3/b20-13+,24-23+. The van der Waals surface area contributed by atoms with Crippen molar-refractivity contribution in [2.75, 3.05) is 24.6 Å². The molecule has 0 fully saturated rings. The van der Waals surface area contributed by atoms with E-state index < -0.39 is 23.5 Å². The number of carbonyl (C=O) groups is 1. The van der Waals surface area contributed by atoms with Gasteiger partial charge in [-0.1, -0.05) is 36.4 Å². The average molecular weight is 693 g/mol. The molecule has 1 aliphatic heterocycles. The summed E-state index contributed by atoms with van der Waals surface area (Å²) in [6, 6.07) is 16.6. The molecule has 1 aliphatic rings. The van der Waals surface area contributed by atoms with Crippen molar-refractivity contribution < 1.29 is 31.9 Å². The van der Waals surface area contributed by atoms with E-state index in [1.54, 1.807) is 26.0 Å². The number of carbonyl (C=O) groups excluding carboxylic acids is 1. The molecule has 2 heterocycles. The van der Waals surface area contributed by atoms with Gasteiger partial charge in [0.25, 0.3) is 0 Å². The van der Waals surface area contributed by atoms with Crippen molar-refractivity contribution in [1.82, 2.24) is 0 Å². The smallest absolute Gasteiger partial charge is 0.499 e. The highest BCUT2D eigenvalue weighted by molar-refractivity contribution is 5.89. The van der Waals surface area contributed by atoms with Crippen molar-refractivity contribution in [3.8, 4) is 0 Å². The molecule has 0 atom stereocenters. The molecule has 0 bridgehead atoms. The Kier molecular flexibility index (Phi) is 12.8. The number of hydrogen-bond donors (Lipinski definition) is 0. The SMILES string of the molecule is [C-]#[N+]C([N+]#[C-])=C1OC(C)(C)C(/C=C/c2ccc(/C=C/c3ccc(N(CC)CCCCCOC(=O)c4ccc(C(F)=C(F)F)cc4)cc3)o2)=C1[N+]#[C-]. The van der Waals surface area contributed by atoms with Crippen LogP contribution in [0.2, 0.25) is 0 Å². The van der Waals surface area contributed by atoms with Crippen LogP contribution in [0.3, 0.4) is 0 Å². The van der Waals surface area contributed by atoms with Crippen molar-refractivity contribution in [3.63, 3.8) is 0 Å². The number of ether oxygens (including phenoxy) is 2. The molecule has 0 saturated carbocycles. The lowest BCUT2D eigenvalue weighted by atomic mass is 9.97. The van der Waals surface area contributed by atoms with Crippen molar-refractivity contribution in [3.05, 3.63) is 158 Å². The van der Waals surface area contributed by atoms with Crippen LogP contribution < -0.4 is 4.90 Å². The van der Waals surface area contributed by atoms with Gasteiger partial charge in [-0.05, 0) is 94.1 Å². The monoisotopic (exact) mass is 692 g/mol. The van der Waals surface area contributed by atoms with Crippen LogP contribution in [0.1, 0.15) is 73.0 Å². The normalized spacial score (nSPS) is 13.4. The van der Waals surface area contributed by atoms with Gasteiger partial charge in [-0.3, -0.25) is 0 Å². The molecule has 0 saturated heterocycles. The molecule has 51 heavy (non-hydrogen) atoms. The van der Waals surface area contributed by atoms with Gasteiger partial charge in [0.05, 0.1) is 18.7 Å². The first-order chi connectivity index (χ1) is 24.5. The molecule has 0 spiro atoms. The Morgan fingerprint density at radius 1 is 0.843 bits per heavy atom. The van der Waals surface area contributed by atoms with E-state index in [4.69, 9.17) is 33.6 Å². The van der Waals surface area contributed by atoms with Crippen LogP contribution in [0.4, 0.5) is 18.9 Å². The Balaban J connectivity index is 1.25. The maximum atomic E-state index is 13.3. The Morgan fingerprint density at radius 3 is 2.06 bits per heavy atom. The Hall–Kier alpha value is -6.25. The summed E-state index contributed by atoms with van der Waals surface area (Å²) in [4.78, 5) is 24.4. The molecular weight excluding hydrogens is 657 g/mol. The van der Waals surface area contributed by atoms with E-state index in [1.807, 2.05) is 36.4 Å².